The maximum absolute atomic E-state index is 5.40. The molecule has 1 aliphatic carbocycles. The monoisotopic (exact) mass is 701 g/mol. The first-order valence-corrected chi connectivity index (χ1v) is 18.9. The van der Waals surface area contributed by atoms with Crippen LogP contribution in [0.5, 0.6) is 0 Å². The molecule has 3 aromatic heterocycles. The Morgan fingerprint density at radius 2 is 0.964 bits per heavy atom. The lowest BCUT2D eigenvalue weighted by molar-refractivity contribution is 0.662. The molecular formula is C52H35N3. The number of nitrogens with zero attached hydrogens (tertiary/aromatic N) is 3. The van der Waals surface area contributed by atoms with Gasteiger partial charge in [-0.25, -0.2) is 4.98 Å². The van der Waals surface area contributed by atoms with Gasteiger partial charge in [0.2, 0.25) is 0 Å². The molecule has 0 aliphatic heterocycles. The Morgan fingerprint density at radius 1 is 0.418 bits per heavy atom. The minimum Gasteiger partial charge on any atom is -0.256 e. The summed E-state index contributed by atoms with van der Waals surface area (Å²) in [6, 6.07) is 59.5. The van der Waals surface area contributed by atoms with E-state index >= 15 is 0 Å². The average molecular weight is 702 g/mol. The largest absolute Gasteiger partial charge is 0.256 e. The van der Waals surface area contributed by atoms with Crippen LogP contribution in [0.2, 0.25) is 0 Å². The van der Waals surface area contributed by atoms with E-state index in [0.717, 1.165) is 55.3 Å². The average Bonchev–Trinajstić information content (AvgIpc) is 3.47. The van der Waals surface area contributed by atoms with Crippen molar-refractivity contribution < 1.29 is 0 Å². The molecule has 0 N–H and O–H groups in total. The van der Waals surface area contributed by atoms with Gasteiger partial charge in [-0.2, -0.15) is 0 Å². The number of hydrogen-bond donors (Lipinski definition) is 0. The van der Waals surface area contributed by atoms with Crippen molar-refractivity contribution in [1.29, 1.82) is 0 Å². The highest BCUT2D eigenvalue weighted by atomic mass is 14.7. The molecule has 0 bridgehead atoms. The molecule has 7 aromatic carbocycles. The van der Waals surface area contributed by atoms with Gasteiger partial charge in [0.15, 0.2) is 0 Å². The van der Waals surface area contributed by atoms with Crippen molar-refractivity contribution in [2.24, 2.45) is 0 Å². The predicted octanol–water partition coefficient (Wildman–Crippen LogP) is 13.5. The molecule has 0 unspecified atom stereocenters. The Morgan fingerprint density at radius 3 is 1.65 bits per heavy atom. The Hall–Kier alpha value is -6.97. The van der Waals surface area contributed by atoms with Crippen LogP contribution in [0.25, 0.3) is 99.2 Å². The fourth-order valence-corrected chi connectivity index (χ4v) is 8.96. The van der Waals surface area contributed by atoms with Crippen molar-refractivity contribution >= 4 is 43.5 Å². The highest BCUT2D eigenvalue weighted by Crippen LogP contribution is 2.54. The zero-order valence-corrected chi connectivity index (χ0v) is 30.6. The van der Waals surface area contributed by atoms with E-state index in [4.69, 9.17) is 4.98 Å². The molecule has 0 saturated heterocycles. The molecule has 0 atom stereocenters. The second-order valence-electron chi connectivity index (χ2n) is 15.3. The molecule has 258 valence electrons. The van der Waals surface area contributed by atoms with Gasteiger partial charge in [-0.1, -0.05) is 117 Å². The van der Waals surface area contributed by atoms with Crippen LogP contribution in [0.3, 0.4) is 0 Å². The van der Waals surface area contributed by atoms with E-state index in [0.29, 0.717) is 0 Å². The number of aromatic nitrogens is 3. The van der Waals surface area contributed by atoms with Gasteiger partial charge in [0.1, 0.15) is 0 Å². The summed E-state index contributed by atoms with van der Waals surface area (Å²) in [5.41, 5.74) is 17.2. The molecule has 0 saturated carbocycles. The van der Waals surface area contributed by atoms with Crippen molar-refractivity contribution in [1.82, 2.24) is 15.0 Å². The third-order valence-corrected chi connectivity index (χ3v) is 11.7. The molecule has 10 aromatic rings. The van der Waals surface area contributed by atoms with Gasteiger partial charge < -0.3 is 0 Å². The van der Waals surface area contributed by atoms with Crippen LogP contribution in [0.1, 0.15) is 25.0 Å². The van der Waals surface area contributed by atoms with E-state index in [-0.39, 0.29) is 5.41 Å². The van der Waals surface area contributed by atoms with Gasteiger partial charge in [-0.05, 0) is 127 Å². The summed E-state index contributed by atoms with van der Waals surface area (Å²) >= 11 is 0. The van der Waals surface area contributed by atoms with Gasteiger partial charge >= 0.3 is 0 Å². The summed E-state index contributed by atoms with van der Waals surface area (Å²) in [5, 5.41) is 5.92. The van der Waals surface area contributed by atoms with Crippen LogP contribution in [0.4, 0.5) is 0 Å². The SMILES string of the molecule is CC1(C)c2ccccc2-c2nc3ccc4ccccc4c3c(-c3ccc(-c4cc(-c5ccc6ncccc6c5)cc(-c5ccc6ncccc6c5)c4)cc3)c21. The minimum atomic E-state index is -0.216. The number of fused-ring (bicyclic) bond motifs is 8. The lowest BCUT2D eigenvalue weighted by Gasteiger charge is -2.25. The smallest absolute Gasteiger partial charge is 0.0759 e. The fraction of sp³-hybridized carbons (Fsp3) is 0.0577. The highest BCUT2D eigenvalue weighted by Gasteiger charge is 2.39. The molecule has 0 spiro atoms. The zero-order chi connectivity index (χ0) is 36.7. The first kappa shape index (κ1) is 31.5. The topological polar surface area (TPSA) is 38.7 Å². The van der Waals surface area contributed by atoms with Crippen LogP contribution in [0, 0.1) is 0 Å². The standard InChI is InChI=1S/C52H35N3/c1-52(2)44-14-6-5-13-43(44)51-50(52)48(49-42-12-4-3-9-33(42)19-24-47(49)55-51)34-17-15-32(16-18-34)39-29-40(35-20-22-45-37(27-35)10-7-25-53-45)31-41(30-39)36-21-23-46-38(28-36)11-8-26-54-46/h3-31H,1-2H3. The fourth-order valence-electron chi connectivity index (χ4n) is 8.96. The molecule has 0 fully saturated rings. The zero-order valence-electron chi connectivity index (χ0n) is 30.6. The van der Waals surface area contributed by atoms with Gasteiger partial charge in [-0.15, -0.1) is 0 Å². The summed E-state index contributed by atoms with van der Waals surface area (Å²) in [7, 11) is 0. The molecule has 1 aliphatic rings. The quantitative estimate of drug-likeness (QED) is 0.171. The first-order chi connectivity index (χ1) is 27.0. The van der Waals surface area contributed by atoms with E-state index in [1.54, 1.807) is 0 Å². The normalized spacial score (nSPS) is 13.1. The summed E-state index contributed by atoms with van der Waals surface area (Å²) in [6.07, 6.45) is 3.70. The van der Waals surface area contributed by atoms with Crippen molar-refractivity contribution in [3.63, 3.8) is 0 Å². The maximum Gasteiger partial charge on any atom is 0.0759 e. The van der Waals surface area contributed by atoms with Crippen molar-refractivity contribution in [2.45, 2.75) is 19.3 Å². The van der Waals surface area contributed by atoms with Crippen LogP contribution in [0.15, 0.2) is 176 Å². The molecule has 0 radical (unpaired) electrons. The van der Waals surface area contributed by atoms with Crippen molar-refractivity contribution in [2.75, 3.05) is 0 Å². The second kappa shape index (κ2) is 12.0. The van der Waals surface area contributed by atoms with Gasteiger partial charge in [0, 0.05) is 39.5 Å². The summed E-state index contributed by atoms with van der Waals surface area (Å²) in [4.78, 5) is 14.6. The van der Waals surface area contributed by atoms with E-state index in [9.17, 15) is 0 Å². The maximum atomic E-state index is 5.40. The van der Waals surface area contributed by atoms with Crippen LogP contribution >= 0.6 is 0 Å². The highest BCUT2D eigenvalue weighted by molar-refractivity contribution is 6.16. The van der Waals surface area contributed by atoms with Crippen molar-refractivity contribution in [3.05, 3.63) is 187 Å². The third-order valence-electron chi connectivity index (χ3n) is 11.7. The summed E-state index contributed by atoms with van der Waals surface area (Å²) in [5.74, 6) is 0. The minimum absolute atomic E-state index is 0.216. The van der Waals surface area contributed by atoms with Gasteiger partial charge in [0.25, 0.3) is 0 Å². The molecule has 3 heteroatoms. The van der Waals surface area contributed by atoms with E-state index in [1.165, 1.54) is 55.1 Å². The van der Waals surface area contributed by atoms with Gasteiger partial charge in [-0.3, -0.25) is 9.97 Å². The van der Waals surface area contributed by atoms with Crippen molar-refractivity contribution in [3.8, 4) is 55.8 Å². The van der Waals surface area contributed by atoms with Crippen LogP contribution in [-0.2, 0) is 5.41 Å². The lowest BCUT2D eigenvalue weighted by atomic mass is 9.78. The van der Waals surface area contributed by atoms with Crippen LogP contribution in [-0.4, -0.2) is 15.0 Å². The van der Waals surface area contributed by atoms with E-state index in [2.05, 4.69) is 175 Å². The number of rotatable bonds is 4. The Labute approximate surface area is 319 Å². The summed E-state index contributed by atoms with van der Waals surface area (Å²) in [6.45, 7) is 4.71. The van der Waals surface area contributed by atoms with E-state index in [1.807, 2.05) is 24.5 Å². The molecule has 55 heavy (non-hydrogen) atoms. The Kier molecular flexibility index (Phi) is 6.90. The molecule has 11 rings (SSSR count). The second-order valence-corrected chi connectivity index (χ2v) is 15.3. The summed E-state index contributed by atoms with van der Waals surface area (Å²) < 4.78 is 0. The number of pyridine rings is 3. The van der Waals surface area contributed by atoms with Gasteiger partial charge in [0.05, 0.1) is 22.2 Å². The number of hydrogen-bond acceptors (Lipinski definition) is 3. The predicted molar refractivity (Wildman–Crippen MR) is 229 cm³/mol. The van der Waals surface area contributed by atoms with E-state index < -0.39 is 0 Å². The molecule has 3 heterocycles. The van der Waals surface area contributed by atoms with Crippen LogP contribution < -0.4 is 0 Å². The molecule has 0 amide bonds. The first-order valence-electron chi connectivity index (χ1n) is 18.9. The Bertz CT molecular complexity index is 3080. The molecule has 3 nitrogen and oxygen atoms in total. The Balaban J connectivity index is 1.11. The molecular weight excluding hydrogens is 667 g/mol. The number of benzene rings is 7. The lowest BCUT2D eigenvalue weighted by Crippen LogP contribution is -2.16. The third kappa shape index (κ3) is 5.01.